The fraction of sp³-hybridized carbons (Fsp3) is 0.909. The Morgan fingerprint density at radius 2 is 1.53 bits per heavy atom. The van der Waals surface area contributed by atoms with Crippen LogP contribution in [-0.4, -0.2) is 25.2 Å². The molecular weight excluding hydrogens is 212 g/mol. The molecule has 0 fully saturated rings. The van der Waals surface area contributed by atoms with Gasteiger partial charge in [0.25, 0.3) is 0 Å². The van der Waals surface area contributed by atoms with Gasteiger partial charge in [0.05, 0.1) is 5.25 Å². The Labute approximate surface area is 93.2 Å². The van der Waals surface area contributed by atoms with Crippen molar-refractivity contribution in [3.8, 4) is 0 Å². The minimum atomic E-state index is -3.29. The van der Waals surface area contributed by atoms with Gasteiger partial charge in [-0.05, 0) is 12.8 Å². The van der Waals surface area contributed by atoms with Crippen molar-refractivity contribution in [2.75, 3.05) is 5.75 Å². The van der Waals surface area contributed by atoms with Crippen LogP contribution in [0.2, 0.25) is 0 Å². The molecule has 0 bridgehead atoms. The van der Waals surface area contributed by atoms with Gasteiger partial charge in [0, 0.05) is 5.41 Å². The normalized spacial score (nSPS) is 15.4. The fourth-order valence-electron chi connectivity index (χ4n) is 0.945. The summed E-state index contributed by atoms with van der Waals surface area (Å²) in [7, 11) is -3.29. The molecule has 0 N–H and O–H groups in total. The minimum absolute atomic E-state index is 0.0442. The molecule has 0 aliphatic carbocycles. The summed E-state index contributed by atoms with van der Waals surface area (Å²) in [6.45, 7) is 10.6. The average Bonchev–Trinajstić information content (AvgIpc) is 2.00. The molecule has 1 unspecified atom stereocenters. The van der Waals surface area contributed by atoms with E-state index in [2.05, 4.69) is 0 Å². The summed E-state index contributed by atoms with van der Waals surface area (Å²) in [6, 6.07) is 0. The van der Waals surface area contributed by atoms with E-state index in [0.29, 0.717) is 0 Å². The highest BCUT2D eigenvalue weighted by Gasteiger charge is 2.31. The van der Waals surface area contributed by atoms with Crippen LogP contribution in [0.25, 0.3) is 0 Å². The lowest BCUT2D eigenvalue weighted by molar-refractivity contribution is -0.123. The first-order valence-electron chi connectivity index (χ1n) is 5.23. The van der Waals surface area contributed by atoms with Crippen LogP contribution in [0.1, 0.15) is 41.5 Å². The highest BCUT2D eigenvalue weighted by molar-refractivity contribution is 7.92. The van der Waals surface area contributed by atoms with Crippen LogP contribution in [0.3, 0.4) is 0 Å². The molecule has 4 heteroatoms. The summed E-state index contributed by atoms with van der Waals surface area (Å²) < 4.78 is 23.6. The number of rotatable bonds is 4. The smallest absolute Gasteiger partial charge is 0.160 e. The van der Waals surface area contributed by atoms with E-state index in [1.54, 1.807) is 27.7 Å². The van der Waals surface area contributed by atoms with Crippen molar-refractivity contribution in [1.82, 2.24) is 0 Å². The molecular formula is C11H22O3S. The SMILES string of the molecule is CC(C)C(C)S(=O)(=O)CC(=O)C(C)(C)C. The van der Waals surface area contributed by atoms with Crippen molar-refractivity contribution in [2.24, 2.45) is 11.3 Å². The molecule has 0 spiro atoms. The predicted octanol–water partition coefficient (Wildman–Crippen LogP) is 2.06. The van der Waals surface area contributed by atoms with Gasteiger partial charge in [0.15, 0.2) is 15.6 Å². The number of carbonyl (C=O) groups excluding carboxylic acids is 1. The summed E-state index contributed by atoms with van der Waals surface area (Å²) in [4.78, 5) is 11.6. The van der Waals surface area contributed by atoms with Crippen LogP contribution < -0.4 is 0 Å². The average molecular weight is 234 g/mol. The number of carbonyl (C=O) groups is 1. The molecule has 0 saturated heterocycles. The maximum Gasteiger partial charge on any atom is 0.160 e. The van der Waals surface area contributed by atoms with Gasteiger partial charge in [-0.2, -0.15) is 0 Å². The summed E-state index contributed by atoms with van der Waals surface area (Å²) in [5, 5.41) is -0.455. The Hall–Kier alpha value is -0.380. The molecule has 90 valence electrons. The van der Waals surface area contributed by atoms with E-state index in [9.17, 15) is 13.2 Å². The molecule has 0 aromatic rings. The van der Waals surface area contributed by atoms with E-state index in [4.69, 9.17) is 0 Å². The van der Waals surface area contributed by atoms with Crippen molar-refractivity contribution < 1.29 is 13.2 Å². The van der Waals surface area contributed by atoms with Gasteiger partial charge in [-0.25, -0.2) is 8.42 Å². The first-order chi connectivity index (χ1) is 6.48. The second-order valence-corrected chi connectivity index (χ2v) is 7.79. The summed E-state index contributed by atoms with van der Waals surface area (Å²) in [5.74, 6) is -0.506. The second kappa shape index (κ2) is 4.64. The van der Waals surface area contributed by atoms with Crippen molar-refractivity contribution in [1.29, 1.82) is 0 Å². The van der Waals surface area contributed by atoms with Crippen LogP contribution in [0.5, 0.6) is 0 Å². The van der Waals surface area contributed by atoms with Crippen molar-refractivity contribution in [3.63, 3.8) is 0 Å². The first kappa shape index (κ1) is 14.6. The zero-order chi connectivity index (χ0) is 12.4. The van der Waals surface area contributed by atoms with E-state index in [-0.39, 0.29) is 17.5 Å². The molecule has 0 aliphatic heterocycles. The van der Waals surface area contributed by atoms with Gasteiger partial charge in [-0.1, -0.05) is 34.6 Å². The number of hydrogen-bond acceptors (Lipinski definition) is 3. The molecule has 15 heavy (non-hydrogen) atoms. The Morgan fingerprint density at radius 3 is 1.80 bits per heavy atom. The number of Topliss-reactive ketones (excluding diaryl/α,β-unsaturated/α-hetero) is 1. The van der Waals surface area contributed by atoms with Crippen LogP contribution in [0, 0.1) is 11.3 Å². The van der Waals surface area contributed by atoms with Crippen LogP contribution >= 0.6 is 0 Å². The highest BCUT2D eigenvalue weighted by atomic mass is 32.2. The van der Waals surface area contributed by atoms with Gasteiger partial charge in [0.1, 0.15) is 5.75 Å². The quantitative estimate of drug-likeness (QED) is 0.748. The summed E-state index contributed by atoms with van der Waals surface area (Å²) in [5.41, 5.74) is -0.580. The van der Waals surface area contributed by atoms with Gasteiger partial charge in [0.2, 0.25) is 0 Å². The van der Waals surface area contributed by atoms with Gasteiger partial charge in [-0.3, -0.25) is 4.79 Å². The monoisotopic (exact) mass is 234 g/mol. The summed E-state index contributed by atoms with van der Waals surface area (Å²) in [6.07, 6.45) is 0. The van der Waals surface area contributed by atoms with Crippen LogP contribution in [0.15, 0.2) is 0 Å². The first-order valence-corrected chi connectivity index (χ1v) is 6.95. The molecule has 0 amide bonds. The van der Waals surface area contributed by atoms with E-state index in [1.807, 2.05) is 13.8 Å². The zero-order valence-corrected chi connectivity index (χ0v) is 11.3. The van der Waals surface area contributed by atoms with Gasteiger partial charge < -0.3 is 0 Å². The Kier molecular flexibility index (Phi) is 4.52. The largest absolute Gasteiger partial charge is 0.298 e. The zero-order valence-electron chi connectivity index (χ0n) is 10.5. The Bertz CT molecular complexity index is 320. The minimum Gasteiger partial charge on any atom is -0.298 e. The van der Waals surface area contributed by atoms with Crippen molar-refractivity contribution in [2.45, 2.75) is 46.8 Å². The van der Waals surface area contributed by atoms with Crippen LogP contribution in [-0.2, 0) is 14.6 Å². The van der Waals surface area contributed by atoms with Crippen molar-refractivity contribution >= 4 is 15.6 Å². The Balaban J connectivity index is 4.75. The van der Waals surface area contributed by atoms with Crippen molar-refractivity contribution in [3.05, 3.63) is 0 Å². The molecule has 0 radical (unpaired) electrons. The highest BCUT2D eigenvalue weighted by Crippen LogP contribution is 2.19. The lowest BCUT2D eigenvalue weighted by Gasteiger charge is -2.20. The maximum atomic E-state index is 11.8. The fourth-order valence-corrected chi connectivity index (χ4v) is 2.84. The molecule has 0 saturated carbocycles. The number of ketones is 1. The standard InChI is InChI=1S/C11H22O3S/c1-8(2)9(3)15(13,14)7-10(12)11(4,5)6/h8-9H,7H2,1-6H3. The molecule has 0 aromatic carbocycles. The van der Waals surface area contributed by atoms with E-state index >= 15 is 0 Å². The third kappa shape index (κ3) is 4.33. The molecule has 0 rings (SSSR count). The summed E-state index contributed by atoms with van der Waals surface area (Å²) >= 11 is 0. The second-order valence-electron chi connectivity index (χ2n) is 5.43. The maximum absolute atomic E-state index is 11.8. The van der Waals surface area contributed by atoms with E-state index < -0.39 is 20.5 Å². The third-order valence-electron chi connectivity index (χ3n) is 2.67. The number of sulfone groups is 1. The lowest BCUT2D eigenvalue weighted by atomic mass is 9.92. The van der Waals surface area contributed by atoms with Crippen LogP contribution in [0.4, 0.5) is 0 Å². The molecule has 3 nitrogen and oxygen atoms in total. The topological polar surface area (TPSA) is 51.2 Å². The Morgan fingerprint density at radius 1 is 1.13 bits per heavy atom. The third-order valence-corrected chi connectivity index (χ3v) is 5.02. The van der Waals surface area contributed by atoms with E-state index in [0.717, 1.165) is 0 Å². The molecule has 0 aliphatic rings. The van der Waals surface area contributed by atoms with E-state index in [1.165, 1.54) is 0 Å². The molecule has 0 heterocycles. The number of hydrogen-bond donors (Lipinski definition) is 0. The molecule has 0 aromatic heterocycles. The van der Waals surface area contributed by atoms with Gasteiger partial charge in [-0.15, -0.1) is 0 Å². The predicted molar refractivity (Wildman–Crippen MR) is 62.5 cm³/mol. The molecule has 1 atom stereocenters. The lowest BCUT2D eigenvalue weighted by Crippen LogP contribution is -2.34. The van der Waals surface area contributed by atoms with Gasteiger partial charge >= 0.3 is 0 Å².